The second kappa shape index (κ2) is 11.5. The summed E-state index contributed by atoms with van der Waals surface area (Å²) in [5, 5.41) is 1.19. The third-order valence-electron chi connectivity index (χ3n) is 5.85. The topological polar surface area (TPSA) is 17.1 Å². The second-order valence-electron chi connectivity index (χ2n) is 7.89. The molecule has 3 heteroatoms. The van der Waals surface area contributed by atoms with E-state index in [1.54, 1.807) is 0 Å². The van der Waals surface area contributed by atoms with Gasteiger partial charge in [-0.2, -0.15) is 0 Å². The molecule has 0 saturated heterocycles. The molecule has 4 rings (SSSR count). The van der Waals surface area contributed by atoms with Crippen LogP contribution in [0.1, 0.15) is 19.3 Å². The first kappa shape index (κ1) is 22.8. The van der Waals surface area contributed by atoms with Gasteiger partial charge in [-0.3, -0.25) is 0 Å². The predicted octanol–water partition coefficient (Wildman–Crippen LogP) is 3.88. The van der Waals surface area contributed by atoms with Gasteiger partial charge in [0.15, 0.2) is 0 Å². The van der Waals surface area contributed by atoms with Crippen molar-refractivity contribution in [2.24, 2.45) is 0 Å². The molecule has 0 spiro atoms. The van der Waals surface area contributed by atoms with Crippen molar-refractivity contribution in [2.75, 3.05) is 0 Å². The van der Waals surface area contributed by atoms with E-state index in [1.165, 1.54) is 23.0 Å². The molecule has 32 heavy (non-hydrogen) atoms. The van der Waals surface area contributed by atoms with Gasteiger partial charge in [0.25, 0.3) is 0 Å². The van der Waals surface area contributed by atoms with Crippen LogP contribution in [0.4, 0.5) is 0 Å². The van der Waals surface area contributed by atoms with Crippen molar-refractivity contribution in [3.8, 4) is 0 Å². The number of carbonyl (C=O) groups is 1. The second-order valence-corrected chi connectivity index (χ2v) is 18.3. The molecule has 4 aromatic carbocycles. The predicted molar refractivity (Wildman–Crippen MR) is 139 cm³/mol. The average molecular weight is 544 g/mol. The van der Waals surface area contributed by atoms with Crippen molar-refractivity contribution in [2.45, 2.75) is 24.6 Å². The molecule has 0 aromatic heterocycles. The van der Waals surface area contributed by atoms with Crippen LogP contribution in [0.3, 0.4) is 0 Å². The molecule has 160 valence electrons. The Morgan fingerprint density at radius 1 is 0.562 bits per heavy atom. The summed E-state index contributed by atoms with van der Waals surface area (Å²) < 4.78 is 5.58. The van der Waals surface area contributed by atoms with Gasteiger partial charge in [-0.25, -0.2) is 0 Å². The van der Waals surface area contributed by atoms with Crippen LogP contribution in [0, 0.1) is 0 Å². The van der Waals surface area contributed by atoms with Crippen molar-refractivity contribution in [1.82, 2.24) is 0 Å². The van der Waals surface area contributed by atoms with E-state index in [1.807, 2.05) is 18.2 Å². The Kier molecular flexibility index (Phi) is 8.17. The van der Waals surface area contributed by atoms with Gasteiger partial charge in [-0.05, 0) is 0 Å². The van der Waals surface area contributed by atoms with Crippen LogP contribution in [-0.4, -0.2) is 32.8 Å². The van der Waals surface area contributed by atoms with Crippen molar-refractivity contribution in [1.29, 1.82) is 0 Å². The zero-order chi connectivity index (χ0) is 22.1. The minimum absolute atomic E-state index is 0.459. The van der Waals surface area contributed by atoms with E-state index < -0.39 is 13.3 Å². The zero-order valence-corrected chi connectivity index (χ0v) is 22.0. The van der Waals surface area contributed by atoms with E-state index in [0.29, 0.717) is 26.0 Å². The maximum atomic E-state index is 14.2. The normalized spacial score (nSPS) is 11.2. The van der Waals surface area contributed by atoms with E-state index in [-0.39, 0.29) is 0 Å². The van der Waals surface area contributed by atoms with E-state index in [9.17, 15) is 4.79 Å². The summed E-state index contributed by atoms with van der Waals surface area (Å²) in [5.41, 5.74) is 0. The van der Waals surface area contributed by atoms with E-state index in [0.717, 1.165) is 12.8 Å². The van der Waals surface area contributed by atoms with Gasteiger partial charge in [0.1, 0.15) is 0 Å². The van der Waals surface area contributed by atoms with Crippen LogP contribution in [0.2, 0.25) is 5.32 Å². The Morgan fingerprint density at radius 3 is 1.41 bits per heavy atom. The number of rotatable bonds is 10. The molecule has 0 amide bonds. The molecule has 0 heterocycles. The van der Waals surface area contributed by atoms with Gasteiger partial charge >= 0.3 is 201 Å². The van der Waals surface area contributed by atoms with Crippen LogP contribution in [0.5, 0.6) is 0 Å². The number of benzene rings is 4. The molecule has 0 aliphatic heterocycles. The molecule has 0 fully saturated rings. The SMILES string of the molecule is O=[C](CCCC[Se]c1ccccc1)[Ge]([c]1ccccc1)([c]1ccccc1)[c]1ccccc1. The van der Waals surface area contributed by atoms with Gasteiger partial charge in [0.05, 0.1) is 0 Å². The summed E-state index contributed by atoms with van der Waals surface area (Å²) in [7, 11) is 0. The monoisotopic (exact) mass is 546 g/mol. The Hall–Kier alpha value is -2.39. The zero-order valence-electron chi connectivity index (χ0n) is 18.2. The summed E-state index contributed by atoms with van der Waals surface area (Å²) in [6.45, 7) is 0. The molecule has 0 aliphatic carbocycles. The number of unbranched alkanes of at least 4 members (excludes halogenated alkanes) is 1. The number of carbonyl (C=O) groups excluding carboxylic acids is 1. The first-order chi connectivity index (χ1) is 15.8. The Labute approximate surface area is 200 Å². The van der Waals surface area contributed by atoms with Gasteiger partial charge in [0.2, 0.25) is 0 Å². The van der Waals surface area contributed by atoms with Crippen molar-refractivity contribution in [3.05, 3.63) is 121 Å². The molecule has 1 nitrogen and oxygen atoms in total. The Balaban J connectivity index is 1.61. The van der Waals surface area contributed by atoms with E-state index >= 15 is 0 Å². The summed E-state index contributed by atoms with van der Waals surface area (Å²) >= 11 is -3.00. The van der Waals surface area contributed by atoms with Gasteiger partial charge < -0.3 is 0 Å². The quantitative estimate of drug-likeness (QED) is 0.219. The van der Waals surface area contributed by atoms with E-state index in [2.05, 4.69) is 103 Å². The Bertz CT molecular complexity index is 1000. The van der Waals surface area contributed by atoms with Crippen molar-refractivity contribution in [3.63, 3.8) is 0 Å². The van der Waals surface area contributed by atoms with Crippen molar-refractivity contribution >= 4 is 50.5 Å². The van der Waals surface area contributed by atoms with Crippen LogP contribution in [0.15, 0.2) is 121 Å². The molecular weight excluding hydrogens is 516 g/mol. The average Bonchev–Trinajstić information content (AvgIpc) is 2.87. The summed E-state index contributed by atoms with van der Waals surface area (Å²) in [4.78, 5) is 14.2. The molecule has 0 N–H and O–H groups in total. The van der Waals surface area contributed by atoms with Crippen LogP contribution >= 0.6 is 0 Å². The van der Waals surface area contributed by atoms with Crippen molar-refractivity contribution < 1.29 is 4.79 Å². The van der Waals surface area contributed by atoms with Crippen LogP contribution in [-0.2, 0) is 4.79 Å². The fraction of sp³-hybridized carbons (Fsp3) is 0.138. The van der Waals surface area contributed by atoms with E-state index in [4.69, 9.17) is 0 Å². The fourth-order valence-electron chi connectivity index (χ4n) is 4.33. The molecule has 0 unspecified atom stereocenters. The minimum atomic E-state index is -3.49. The van der Waals surface area contributed by atoms with Gasteiger partial charge in [-0.1, -0.05) is 0 Å². The molecular formula is C29H28GeOSe. The van der Waals surface area contributed by atoms with Crippen LogP contribution in [0.25, 0.3) is 0 Å². The van der Waals surface area contributed by atoms with Gasteiger partial charge in [-0.15, -0.1) is 0 Å². The molecule has 0 atom stereocenters. The summed E-state index contributed by atoms with van der Waals surface area (Å²) in [6, 6.07) is 42.4. The Morgan fingerprint density at radius 2 is 0.969 bits per heavy atom. The molecule has 0 aliphatic rings. The molecule has 4 aromatic rings. The first-order valence-corrected chi connectivity index (χ1v) is 17.5. The van der Waals surface area contributed by atoms with Gasteiger partial charge in [0, 0.05) is 0 Å². The fourth-order valence-corrected chi connectivity index (χ4v) is 15.9. The number of hydrogen-bond acceptors (Lipinski definition) is 1. The maximum absolute atomic E-state index is 14.2. The third-order valence-corrected chi connectivity index (χ3v) is 18.0. The third kappa shape index (κ3) is 5.15. The molecule has 0 radical (unpaired) electrons. The number of hydrogen-bond donors (Lipinski definition) is 0. The molecule has 0 bridgehead atoms. The summed E-state index contributed by atoms with van der Waals surface area (Å²) in [5.74, 6) is 0. The first-order valence-electron chi connectivity index (χ1n) is 11.2. The standard InChI is InChI=1S/C29H28GeOSe/c31-29(23-13-14-24-32-28-21-11-4-12-22-28)30(25-15-5-1-6-16-25,26-17-7-2-8-18-26)27-19-9-3-10-20-27/h1-12,15-22H,13-14,23-24H2. The summed E-state index contributed by atoms with van der Waals surface area (Å²) in [6.07, 6.45) is 2.73. The van der Waals surface area contributed by atoms with Crippen LogP contribution < -0.4 is 17.6 Å². The molecule has 0 saturated carbocycles.